The van der Waals surface area contributed by atoms with Crippen LogP contribution in [0, 0.1) is 0 Å². The van der Waals surface area contributed by atoms with Crippen LogP contribution >= 0.6 is 0 Å². The van der Waals surface area contributed by atoms with Gasteiger partial charge in [0.1, 0.15) is 0 Å². The van der Waals surface area contributed by atoms with Crippen LogP contribution in [0.1, 0.15) is 38.5 Å². The van der Waals surface area contributed by atoms with E-state index in [2.05, 4.69) is 27.0 Å². The van der Waals surface area contributed by atoms with Crippen LogP contribution in [0.3, 0.4) is 0 Å². The summed E-state index contributed by atoms with van der Waals surface area (Å²) in [6, 6.07) is 6.16. The van der Waals surface area contributed by atoms with Gasteiger partial charge in [0.25, 0.3) is 5.91 Å². The van der Waals surface area contributed by atoms with Crippen molar-refractivity contribution in [3.05, 3.63) is 30.6 Å². The number of piperidine rings is 1. The minimum absolute atomic E-state index is 0.0517. The number of carbonyl (C=O) groups is 1. The molecule has 2 aliphatic heterocycles. The number of rotatable bonds is 2. The van der Waals surface area contributed by atoms with Crippen molar-refractivity contribution >= 4 is 22.6 Å². The number of likely N-dealkylation sites (tertiary alicyclic amines) is 1. The Morgan fingerprint density at radius 2 is 1.81 bits per heavy atom. The fourth-order valence-electron chi connectivity index (χ4n) is 4.76. The van der Waals surface area contributed by atoms with Crippen molar-refractivity contribution in [2.24, 2.45) is 0 Å². The first-order valence-corrected chi connectivity index (χ1v) is 9.57. The SMILES string of the molecule is O=C(N1CCC[C@]2(CCN2c2ccc3nccnc3c2)C1)C1(F)CCC1. The Hall–Kier alpha value is -2.24. The third-order valence-electron chi connectivity index (χ3n) is 6.51. The number of hydrogen-bond acceptors (Lipinski definition) is 4. The summed E-state index contributed by atoms with van der Waals surface area (Å²) >= 11 is 0. The number of carbonyl (C=O) groups excluding carboxylic acids is 1. The maximum Gasteiger partial charge on any atom is 0.260 e. The van der Waals surface area contributed by atoms with Gasteiger partial charge in [-0.15, -0.1) is 0 Å². The van der Waals surface area contributed by atoms with E-state index < -0.39 is 5.67 Å². The van der Waals surface area contributed by atoms with E-state index in [1.54, 1.807) is 17.3 Å². The minimum atomic E-state index is -1.59. The predicted octanol–water partition coefficient (Wildman–Crippen LogP) is 3.09. The van der Waals surface area contributed by atoms with Gasteiger partial charge in [0.15, 0.2) is 5.67 Å². The molecule has 0 unspecified atom stereocenters. The molecule has 5 rings (SSSR count). The minimum Gasteiger partial charge on any atom is -0.364 e. The number of anilines is 1. The highest BCUT2D eigenvalue weighted by molar-refractivity contribution is 5.86. The average molecular weight is 354 g/mol. The number of amides is 1. The van der Waals surface area contributed by atoms with E-state index in [1.165, 1.54) is 0 Å². The van der Waals surface area contributed by atoms with Gasteiger partial charge < -0.3 is 9.80 Å². The number of hydrogen-bond donors (Lipinski definition) is 0. The van der Waals surface area contributed by atoms with Crippen LogP contribution in [-0.2, 0) is 4.79 Å². The lowest BCUT2D eigenvalue weighted by atomic mass is 9.75. The first kappa shape index (κ1) is 16.0. The molecule has 0 bridgehead atoms. The maximum absolute atomic E-state index is 14.6. The van der Waals surface area contributed by atoms with Crippen LogP contribution in [0.25, 0.3) is 11.0 Å². The highest BCUT2D eigenvalue weighted by Gasteiger charge is 2.52. The Balaban J connectivity index is 1.40. The molecule has 1 aromatic heterocycles. The molecule has 6 heteroatoms. The normalized spacial score (nSPS) is 27.3. The Morgan fingerprint density at radius 3 is 2.50 bits per heavy atom. The second kappa shape index (κ2) is 5.63. The van der Waals surface area contributed by atoms with Crippen molar-refractivity contribution in [3.63, 3.8) is 0 Å². The van der Waals surface area contributed by atoms with Gasteiger partial charge in [-0.25, -0.2) is 4.39 Å². The molecule has 26 heavy (non-hydrogen) atoms. The lowest BCUT2D eigenvalue weighted by molar-refractivity contribution is -0.152. The fourth-order valence-corrected chi connectivity index (χ4v) is 4.76. The van der Waals surface area contributed by atoms with Gasteiger partial charge >= 0.3 is 0 Å². The molecule has 0 radical (unpaired) electrons. The molecule has 136 valence electrons. The maximum atomic E-state index is 14.6. The zero-order chi connectivity index (χ0) is 17.8. The van der Waals surface area contributed by atoms with Crippen LogP contribution in [0.2, 0.25) is 0 Å². The first-order valence-electron chi connectivity index (χ1n) is 9.57. The highest BCUT2D eigenvalue weighted by atomic mass is 19.1. The van der Waals surface area contributed by atoms with E-state index in [0.717, 1.165) is 48.9 Å². The van der Waals surface area contributed by atoms with Gasteiger partial charge in [-0.1, -0.05) is 0 Å². The molecule has 2 aromatic rings. The summed E-state index contributed by atoms with van der Waals surface area (Å²) in [5.41, 5.74) is 1.25. The molecule has 2 saturated heterocycles. The van der Waals surface area contributed by atoms with Crippen molar-refractivity contribution in [1.29, 1.82) is 0 Å². The van der Waals surface area contributed by atoms with Gasteiger partial charge in [-0.3, -0.25) is 14.8 Å². The van der Waals surface area contributed by atoms with E-state index >= 15 is 0 Å². The van der Waals surface area contributed by atoms with Gasteiger partial charge in [0.2, 0.25) is 0 Å². The zero-order valence-electron chi connectivity index (χ0n) is 14.8. The molecule has 1 saturated carbocycles. The molecule has 0 N–H and O–H groups in total. The summed E-state index contributed by atoms with van der Waals surface area (Å²) in [6.45, 7) is 2.29. The summed E-state index contributed by atoms with van der Waals surface area (Å²) in [7, 11) is 0. The Morgan fingerprint density at radius 1 is 1.00 bits per heavy atom. The Labute approximate surface area is 152 Å². The highest BCUT2D eigenvalue weighted by Crippen LogP contribution is 2.44. The number of halogens is 1. The third-order valence-corrected chi connectivity index (χ3v) is 6.51. The van der Waals surface area contributed by atoms with E-state index in [9.17, 15) is 9.18 Å². The van der Waals surface area contributed by atoms with Crippen LogP contribution in [-0.4, -0.2) is 51.6 Å². The number of fused-ring (bicyclic) bond motifs is 1. The largest absolute Gasteiger partial charge is 0.364 e. The summed E-state index contributed by atoms with van der Waals surface area (Å²) in [6.07, 6.45) is 8.05. The number of benzene rings is 1. The summed E-state index contributed by atoms with van der Waals surface area (Å²) < 4.78 is 14.6. The third kappa shape index (κ3) is 2.31. The molecule has 1 spiro atoms. The molecule has 1 aromatic carbocycles. The predicted molar refractivity (Wildman–Crippen MR) is 97.7 cm³/mol. The summed E-state index contributed by atoms with van der Waals surface area (Å²) in [4.78, 5) is 25.6. The number of nitrogens with zero attached hydrogens (tertiary/aromatic N) is 4. The molecule has 3 fully saturated rings. The molecular formula is C20H23FN4O. The van der Waals surface area contributed by atoms with E-state index in [-0.39, 0.29) is 11.4 Å². The van der Waals surface area contributed by atoms with Crippen molar-refractivity contribution < 1.29 is 9.18 Å². The second-order valence-corrected chi connectivity index (χ2v) is 8.00. The molecule has 1 amide bonds. The molecule has 3 heterocycles. The standard InChI is InChI=1S/C20H23FN4O/c21-20(6-1-7-20)18(26)24-11-2-5-19(14-24)8-12-25(19)15-3-4-16-17(13-15)23-10-9-22-16/h3-4,9-10,13H,1-2,5-8,11-12,14H2/t19-/m0/s1. The van der Waals surface area contributed by atoms with E-state index in [4.69, 9.17) is 0 Å². The van der Waals surface area contributed by atoms with Crippen molar-refractivity contribution in [2.75, 3.05) is 24.5 Å². The monoisotopic (exact) mass is 354 g/mol. The van der Waals surface area contributed by atoms with Crippen molar-refractivity contribution in [3.8, 4) is 0 Å². The zero-order valence-corrected chi connectivity index (χ0v) is 14.8. The first-order chi connectivity index (χ1) is 12.6. The molecule has 3 aliphatic rings. The topological polar surface area (TPSA) is 49.3 Å². The Bertz CT molecular complexity index is 868. The van der Waals surface area contributed by atoms with Crippen molar-refractivity contribution in [2.45, 2.75) is 49.7 Å². The quantitative estimate of drug-likeness (QED) is 0.832. The molecular weight excluding hydrogens is 331 g/mol. The van der Waals surface area contributed by atoms with E-state index in [1.807, 2.05) is 6.07 Å². The molecule has 5 nitrogen and oxygen atoms in total. The van der Waals surface area contributed by atoms with Gasteiger partial charge in [-0.2, -0.15) is 0 Å². The number of alkyl halides is 1. The summed E-state index contributed by atoms with van der Waals surface area (Å²) in [5.74, 6) is -0.279. The summed E-state index contributed by atoms with van der Waals surface area (Å²) in [5, 5.41) is 0. The van der Waals surface area contributed by atoms with Crippen LogP contribution < -0.4 is 4.90 Å². The van der Waals surface area contributed by atoms with Gasteiger partial charge in [0, 0.05) is 37.7 Å². The van der Waals surface area contributed by atoms with Gasteiger partial charge in [0.05, 0.1) is 16.6 Å². The van der Waals surface area contributed by atoms with Gasteiger partial charge in [-0.05, 0) is 56.7 Å². The smallest absolute Gasteiger partial charge is 0.260 e. The molecule has 1 atom stereocenters. The Kier molecular flexibility index (Phi) is 3.46. The van der Waals surface area contributed by atoms with Crippen molar-refractivity contribution in [1.82, 2.24) is 14.9 Å². The van der Waals surface area contributed by atoms with Crippen LogP contribution in [0.4, 0.5) is 10.1 Å². The molecule has 1 aliphatic carbocycles. The lowest BCUT2D eigenvalue weighted by Gasteiger charge is -2.58. The fraction of sp³-hybridized carbons (Fsp3) is 0.550. The van der Waals surface area contributed by atoms with Crippen LogP contribution in [0.5, 0.6) is 0 Å². The average Bonchev–Trinajstić information content (AvgIpc) is 2.64. The number of aromatic nitrogens is 2. The lowest BCUT2D eigenvalue weighted by Crippen LogP contribution is -2.69. The van der Waals surface area contributed by atoms with Crippen LogP contribution in [0.15, 0.2) is 30.6 Å². The second-order valence-electron chi connectivity index (χ2n) is 8.00. The van der Waals surface area contributed by atoms with E-state index in [0.29, 0.717) is 25.9 Å².